The highest BCUT2D eigenvalue weighted by molar-refractivity contribution is 5.78. The molecule has 4 rings (SSSR count). The lowest BCUT2D eigenvalue weighted by Gasteiger charge is -2.30. The van der Waals surface area contributed by atoms with Gasteiger partial charge in [-0.25, -0.2) is 0 Å². The molecular weight excluding hydrogens is 436 g/mol. The van der Waals surface area contributed by atoms with Gasteiger partial charge >= 0.3 is 0 Å². The summed E-state index contributed by atoms with van der Waals surface area (Å²) < 4.78 is 21.3. The summed E-state index contributed by atoms with van der Waals surface area (Å²) in [4.78, 5) is 19.4. The predicted octanol–water partition coefficient (Wildman–Crippen LogP) is 3.29. The monoisotopic (exact) mass is 466 g/mol. The lowest BCUT2D eigenvalue weighted by Crippen LogP contribution is -2.40. The van der Waals surface area contributed by atoms with Crippen molar-refractivity contribution in [3.63, 3.8) is 0 Å². The van der Waals surface area contributed by atoms with Crippen molar-refractivity contribution in [3.8, 4) is 28.6 Å². The SMILES string of the molecule is COc1ccc(CNC(=O)C2CCN(Cc3nc(-c4ccc(OC)c(OC)c4)no3)CC2)cc1. The van der Waals surface area contributed by atoms with Gasteiger partial charge < -0.3 is 24.1 Å². The Morgan fingerprint density at radius 2 is 1.76 bits per heavy atom. The number of likely N-dealkylation sites (tertiary alicyclic amines) is 1. The van der Waals surface area contributed by atoms with Crippen LogP contribution in [0.15, 0.2) is 47.0 Å². The molecule has 2 aromatic carbocycles. The molecule has 0 spiro atoms. The summed E-state index contributed by atoms with van der Waals surface area (Å²) in [5.74, 6) is 3.23. The van der Waals surface area contributed by atoms with Crippen LogP contribution >= 0.6 is 0 Å². The second-order valence-corrected chi connectivity index (χ2v) is 8.20. The molecule has 0 aliphatic carbocycles. The lowest BCUT2D eigenvalue weighted by molar-refractivity contribution is -0.126. The van der Waals surface area contributed by atoms with Crippen molar-refractivity contribution >= 4 is 5.91 Å². The third-order valence-corrected chi connectivity index (χ3v) is 6.05. The summed E-state index contributed by atoms with van der Waals surface area (Å²) >= 11 is 0. The van der Waals surface area contributed by atoms with Gasteiger partial charge in [0.25, 0.3) is 0 Å². The number of amides is 1. The van der Waals surface area contributed by atoms with E-state index in [1.807, 2.05) is 42.5 Å². The number of nitrogens with one attached hydrogen (secondary N) is 1. The molecule has 9 nitrogen and oxygen atoms in total. The summed E-state index contributed by atoms with van der Waals surface area (Å²) in [7, 11) is 4.82. The molecule has 0 bridgehead atoms. The molecule has 3 aromatic rings. The first-order valence-electron chi connectivity index (χ1n) is 11.3. The molecule has 1 aromatic heterocycles. The van der Waals surface area contributed by atoms with E-state index in [4.69, 9.17) is 18.7 Å². The maximum atomic E-state index is 12.6. The van der Waals surface area contributed by atoms with Crippen LogP contribution in [-0.4, -0.2) is 55.4 Å². The molecule has 1 amide bonds. The minimum atomic E-state index is 0.0134. The van der Waals surface area contributed by atoms with Crippen molar-refractivity contribution in [1.29, 1.82) is 0 Å². The Morgan fingerprint density at radius 3 is 2.44 bits per heavy atom. The van der Waals surface area contributed by atoms with E-state index in [9.17, 15) is 4.79 Å². The highest BCUT2D eigenvalue weighted by Gasteiger charge is 2.26. The molecule has 1 aliphatic heterocycles. The molecule has 34 heavy (non-hydrogen) atoms. The van der Waals surface area contributed by atoms with Crippen LogP contribution in [0.25, 0.3) is 11.4 Å². The van der Waals surface area contributed by atoms with Crippen molar-refractivity contribution in [1.82, 2.24) is 20.4 Å². The Bertz CT molecular complexity index is 1090. The molecule has 0 saturated carbocycles. The van der Waals surface area contributed by atoms with E-state index in [0.717, 1.165) is 42.8 Å². The van der Waals surface area contributed by atoms with E-state index in [-0.39, 0.29) is 11.8 Å². The Balaban J connectivity index is 1.25. The molecule has 1 aliphatic rings. The van der Waals surface area contributed by atoms with Crippen LogP contribution in [0.2, 0.25) is 0 Å². The van der Waals surface area contributed by atoms with Gasteiger partial charge in [-0.05, 0) is 61.8 Å². The fourth-order valence-corrected chi connectivity index (χ4v) is 4.03. The Kier molecular flexibility index (Phi) is 7.64. The molecular formula is C25H30N4O5. The number of nitrogens with zero attached hydrogens (tertiary/aromatic N) is 3. The third kappa shape index (κ3) is 5.66. The third-order valence-electron chi connectivity index (χ3n) is 6.05. The molecule has 180 valence electrons. The van der Waals surface area contributed by atoms with E-state index < -0.39 is 0 Å². The number of piperidine rings is 1. The molecule has 9 heteroatoms. The van der Waals surface area contributed by atoms with Gasteiger partial charge in [0, 0.05) is 18.0 Å². The standard InChI is InChI=1S/C25H30N4O5/c1-31-20-7-4-17(5-8-20)15-26-25(30)18-10-12-29(13-11-18)16-23-27-24(28-34-23)19-6-9-21(32-2)22(14-19)33-3/h4-9,14,18H,10-13,15-16H2,1-3H3,(H,26,30). The second kappa shape index (κ2) is 11.0. The van der Waals surface area contributed by atoms with E-state index in [2.05, 4.69) is 20.4 Å². The highest BCUT2D eigenvalue weighted by Crippen LogP contribution is 2.31. The molecule has 0 unspecified atom stereocenters. The zero-order valence-electron chi connectivity index (χ0n) is 19.7. The van der Waals surface area contributed by atoms with Crippen molar-refractivity contribution in [2.45, 2.75) is 25.9 Å². The normalized spacial score (nSPS) is 14.6. The Hall–Kier alpha value is -3.59. The first kappa shape index (κ1) is 23.6. The molecule has 0 atom stereocenters. The van der Waals surface area contributed by atoms with Crippen molar-refractivity contribution in [2.24, 2.45) is 5.92 Å². The van der Waals surface area contributed by atoms with E-state index in [1.165, 1.54) is 0 Å². The average molecular weight is 467 g/mol. The number of carbonyl (C=O) groups is 1. The van der Waals surface area contributed by atoms with E-state index >= 15 is 0 Å². The smallest absolute Gasteiger partial charge is 0.241 e. The average Bonchev–Trinajstić information content (AvgIpc) is 3.36. The molecule has 1 N–H and O–H groups in total. The summed E-state index contributed by atoms with van der Waals surface area (Å²) in [5.41, 5.74) is 1.84. The summed E-state index contributed by atoms with van der Waals surface area (Å²) in [6, 6.07) is 13.2. The summed E-state index contributed by atoms with van der Waals surface area (Å²) in [6.45, 7) is 2.67. The van der Waals surface area contributed by atoms with Crippen LogP contribution in [0, 0.1) is 5.92 Å². The summed E-state index contributed by atoms with van der Waals surface area (Å²) in [6.07, 6.45) is 1.59. The van der Waals surface area contributed by atoms with Crippen LogP contribution in [0.5, 0.6) is 17.2 Å². The number of ether oxygens (including phenoxy) is 3. The van der Waals surface area contributed by atoms with Crippen LogP contribution in [-0.2, 0) is 17.9 Å². The summed E-state index contributed by atoms with van der Waals surface area (Å²) in [5, 5.41) is 7.16. The number of carbonyl (C=O) groups excluding carboxylic acids is 1. The highest BCUT2D eigenvalue weighted by atomic mass is 16.5. The number of rotatable bonds is 9. The predicted molar refractivity (Wildman–Crippen MR) is 126 cm³/mol. The number of methoxy groups -OCH3 is 3. The Labute approximate surface area is 199 Å². The zero-order chi connectivity index (χ0) is 23.9. The van der Waals surface area contributed by atoms with Gasteiger partial charge in [0.15, 0.2) is 11.5 Å². The van der Waals surface area contributed by atoms with Crippen LogP contribution in [0.3, 0.4) is 0 Å². The minimum Gasteiger partial charge on any atom is -0.497 e. The number of hydrogen-bond donors (Lipinski definition) is 1. The minimum absolute atomic E-state index is 0.0134. The van der Waals surface area contributed by atoms with Crippen LogP contribution < -0.4 is 19.5 Å². The maximum Gasteiger partial charge on any atom is 0.241 e. The quantitative estimate of drug-likeness (QED) is 0.513. The van der Waals surface area contributed by atoms with Crippen LogP contribution in [0.1, 0.15) is 24.3 Å². The number of benzene rings is 2. The fourth-order valence-electron chi connectivity index (χ4n) is 4.03. The maximum absolute atomic E-state index is 12.6. The van der Waals surface area contributed by atoms with Crippen molar-refractivity contribution < 1.29 is 23.5 Å². The second-order valence-electron chi connectivity index (χ2n) is 8.20. The van der Waals surface area contributed by atoms with Gasteiger partial charge in [-0.15, -0.1) is 0 Å². The van der Waals surface area contributed by atoms with Gasteiger partial charge in [0.2, 0.25) is 17.6 Å². The zero-order valence-corrected chi connectivity index (χ0v) is 19.7. The first-order chi connectivity index (χ1) is 16.6. The van der Waals surface area contributed by atoms with Crippen LogP contribution in [0.4, 0.5) is 0 Å². The van der Waals surface area contributed by atoms with Gasteiger partial charge in [0.1, 0.15) is 5.75 Å². The van der Waals surface area contributed by atoms with Gasteiger partial charge in [-0.1, -0.05) is 17.3 Å². The Morgan fingerprint density at radius 1 is 1.03 bits per heavy atom. The topological polar surface area (TPSA) is 99.0 Å². The number of aromatic nitrogens is 2. The largest absolute Gasteiger partial charge is 0.497 e. The molecule has 1 fully saturated rings. The lowest BCUT2D eigenvalue weighted by atomic mass is 9.96. The number of hydrogen-bond acceptors (Lipinski definition) is 8. The molecule has 1 saturated heterocycles. The van der Waals surface area contributed by atoms with Crippen molar-refractivity contribution in [3.05, 3.63) is 53.9 Å². The first-order valence-corrected chi connectivity index (χ1v) is 11.3. The fraction of sp³-hybridized carbons (Fsp3) is 0.400. The molecule has 2 heterocycles. The van der Waals surface area contributed by atoms with Gasteiger partial charge in [-0.2, -0.15) is 4.98 Å². The van der Waals surface area contributed by atoms with Crippen molar-refractivity contribution in [2.75, 3.05) is 34.4 Å². The van der Waals surface area contributed by atoms with E-state index in [1.54, 1.807) is 21.3 Å². The van der Waals surface area contributed by atoms with Gasteiger partial charge in [-0.3, -0.25) is 9.69 Å². The van der Waals surface area contributed by atoms with Gasteiger partial charge in [0.05, 0.1) is 27.9 Å². The molecule has 0 radical (unpaired) electrons. The van der Waals surface area contributed by atoms with E-state index in [0.29, 0.717) is 36.3 Å².